The van der Waals surface area contributed by atoms with E-state index < -0.39 is 5.97 Å². The summed E-state index contributed by atoms with van der Waals surface area (Å²) in [7, 11) is 0. The maximum absolute atomic E-state index is 10.8. The molecule has 4 heteroatoms. The lowest BCUT2D eigenvalue weighted by molar-refractivity contribution is 0.0191. The minimum atomic E-state index is -0.885. The summed E-state index contributed by atoms with van der Waals surface area (Å²) in [6.07, 6.45) is 2.64. The van der Waals surface area contributed by atoms with Crippen LogP contribution in [-0.2, 0) is 11.3 Å². The van der Waals surface area contributed by atoms with E-state index in [0.717, 1.165) is 38.1 Å². The Kier molecular flexibility index (Phi) is 4.78. The molecule has 0 aliphatic carbocycles. The third-order valence-corrected chi connectivity index (χ3v) is 3.91. The Morgan fingerprint density at radius 1 is 1.40 bits per heavy atom. The number of carbonyl (C=O) groups is 1. The van der Waals surface area contributed by atoms with E-state index in [1.54, 1.807) is 12.1 Å². The van der Waals surface area contributed by atoms with Gasteiger partial charge in [-0.25, -0.2) is 4.79 Å². The van der Waals surface area contributed by atoms with Gasteiger partial charge in [-0.1, -0.05) is 26.0 Å². The van der Waals surface area contributed by atoms with Crippen LogP contribution in [0.15, 0.2) is 24.3 Å². The number of hydrogen-bond donors (Lipinski definition) is 2. The maximum Gasteiger partial charge on any atom is 0.335 e. The summed E-state index contributed by atoms with van der Waals surface area (Å²) >= 11 is 0. The van der Waals surface area contributed by atoms with Crippen molar-refractivity contribution in [1.82, 2.24) is 5.32 Å². The van der Waals surface area contributed by atoms with E-state index in [0.29, 0.717) is 11.7 Å². The molecule has 2 N–H and O–H groups in total. The van der Waals surface area contributed by atoms with Crippen molar-refractivity contribution >= 4 is 5.97 Å². The molecule has 1 fully saturated rings. The Balaban J connectivity index is 1.81. The average Bonchev–Trinajstić information content (AvgIpc) is 2.94. The smallest absolute Gasteiger partial charge is 0.335 e. The molecule has 0 aromatic heterocycles. The summed E-state index contributed by atoms with van der Waals surface area (Å²) < 4.78 is 5.76. The molecule has 1 aromatic carbocycles. The molecule has 0 radical (unpaired) electrons. The van der Waals surface area contributed by atoms with Gasteiger partial charge in [0.1, 0.15) is 0 Å². The number of hydrogen-bond acceptors (Lipinski definition) is 3. The second-order valence-corrected chi connectivity index (χ2v) is 6.10. The van der Waals surface area contributed by atoms with E-state index in [4.69, 9.17) is 9.84 Å². The zero-order valence-electron chi connectivity index (χ0n) is 12.2. The number of ether oxygens (including phenoxy) is 1. The lowest BCUT2D eigenvalue weighted by Crippen LogP contribution is -2.38. The Morgan fingerprint density at radius 3 is 2.65 bits per heavy atom. The molecular formula is C16H23NO3. The molecule has 1 unspecified atom stereocenters. The van der Waals surface area contributed by atoms with Gasteiger partial charge in [0, 0.05) is 25.1 Å². The first kappa shape index (κ1) is 15.0. The maximum atomic E-state index is 10.8. The zero-order valence-corrected chi connectivity index (χ0v) is 12.2. The second-order valence-electron chi connectivity index (χ2n) is 6.10. The van der Waals surface area contributed by atoms with Crippen molar-refractivity contribution in [3.63, 3.8) is 0 Å². The van der Waals surface area contributed by atoms with Gasteiger partial charge in [-0.2, -0.15) is 0 Å². The normalized spacial score (nSPS) is 19.2. The molecule has 0 saturated carbocycles. The minimum absolute atomic E-state index is 0.123. The highest BCUT2D eigenvalue weighted by Gasteiger charge is 2.32. The number of carboxylic acid groups (broad SMARTS) is 1. The van der Waals surface area contributed by atoms with E-state index >= 15 is 0 Å². The van der Waals surface area contributed by atoms with Crippen LogP contribution in [0.3, 0.4) is 0 Å². The molecule has 1 aliphatic heterocycles. The summed E-state index contributed by atoms with van der Waals surface area (Å²) in [6.45, 7) is 6.96. The summed E-state index contributed by atoms with van der Waals surface area (Å²) in [5, 5.41) is 12.3. The minimum Gasteiger partial charge on any atom is -0.478 e. The topological polar surface area (TPSA) is 58.6 Å². The van der Waals surface area contributed by atoms with Crippen molar-refractivity contribution in [3.8, 4) is 0 Å². The Bertz CT molecular complexity index is 447. The van der Waals surface area contributed by atoms with Crippen LogP contribution in [0.25, 0.3) is 0 Å². The van der Waals surface area contributed by atoms with Gasteiger partial charge in [-0.3, -0.25) is 0 Å². The molecule has 2 rings (SSSR count). The van der Waals surface area contributed by atoms with Crippen molar-refractivity contribution in [2.45, 2.75) is 39.3 Å². The third-order valence-electron chi connectivity index (χ3n) is 3.91. The number of rotatable bonds is 6. The van der Waals surface area contributed by atoms with Crippen LogP contribution in [0.2, 0.25) is 0 Å². The van der Waals surface area contributed by atoms with Gasteiger partial charge in [0.15, 0.2) is 0 Å². The van der Waals surface area contributed by atoms with Crippen LogP contribution in [0.1, 0.15) is 42.6 Å². The molecule has 1 aliphatic rings. The summed E-state index contributed by atoms with van der Waals surface area (Å²) in [6, 6.07) is 7.00. The van der Waals surface area contributed by atoms with Crippen molar-refractivity contribution < 1.29 is 14.6 Å². The largest absolute Gasteiger partial charge is 0.478 e. The molecule has 0 spiro atoms. The van der Waals surface area contributed by atoms with Crippen molar-refractivity contribution in [2.24, 2.45) is 5.41 Å². The summed E-state index contributed by atoms with van der Waals surface area (Å²) in [5.41, 5.74) is 1.55. The lowest BCUT2D eigenvalue weighted by Gasteiger charge is -2.31. The van der Waals surface area contributed by atoms with Crippen molar-refractivity contribution in [1.29, 1.82) is 0 Å². The molecule has 1 aromatic rings. The Morgan fingerprint density at radius 2 is 2.10 bits per heavy atom. The van der Waals surface area contributed by atoms with Crippen LogP contribution in [0.4, 0.5) is 0 Å². The fourth-order valence-electron chi connectivity index (χ4n) is 2.60. The number of benzene rings is 1. The highest BCUT2D eigenvalue weighted by atomic mass is 16.5. The van der Waals surface area contributed by atoms with E-state index in [1.165, 1.54) is 0 Å². The van der Waals surface area contributed by atoms with Gasteiger partial charge < -0.3 is 15.2 Å². The predicted molar refractivity (Wildman–Crippen MR) is 77.9 cm³/mol. The van der Waals surface area contributed by atoms with Crippen LogP contribution >= 0.6 is 0 Å². The fraction of sp³-hybridized carbons (Fsp3) is 0.562. The van der Waals surface area contributed by atoms with Gasteiger partial charge in [-0.05, 0) is 30.5 Å². The number of aromatic carboxylic acids is 1. The molecular weight excluding hydrogens is 254 g/mol. The van der Waals surface area contributed by atoms with Crippen LogP contribution in [0.5, 0.6) is 0 Å². The van der Waals surface area contributed by atoms with Gasteiger partial charge in [0.05, 0.1) is 11.7 Å². The van der Waals surface area contributed by atoms with Gasteiger partial charge in [0.25, 0.3) is 0 Å². The van der Waals surface area contributed by atoms with Crippen LogP contribution in [0, 0.1) is 5.41 Å². The van der Waals surface area contributed by atoms with Crippen LogP contribution < -0.4 is 5.32 Å². The van der Waals surface area contributed by atoms with Crippen molar-refractivity contribution in [3.05, 3.63) is 35.4 Å². The van der Waals surface area contributed by atoms with Crippen molar-refractivity contribution in [2.75, 3.05) is 13.2 Å². The van der Waals surface area contributed by atoms with E-state index in [9.17, 15) is 4.79 Å². The number of carboxylic acids is 1. The molecule has 1 saturated heterocycles. The molecule has 20 heavy (non-hydrogen) atoms. The van der Waals surface area contributed by atoms with Gasteiger partial charge in [0.2, 0.25) is 0 Å². The molecule has 1 heterocycles. The highest BCUT2D eigenvalue weighted by Crippen LogP contribution is 2.30. The zero-order chi connectivity index (χ0) is 14.6. The lowest BCUT2D eigenvalue weighted by atomic mass is 9.85. The molecule has 0 amide bonds. The molecule has 0 bridgehead atoms. The average molecular weight is 277 g/mol. The molecule has 110 valence electrons. The summed E-state index contributed by atoms with van der Waals surface area (Å²) in [5.74, 6) is -0.885. The van der Waals surface area contributed by atoms with Crippen LogP contribution in [-0.4, -0.2) is 30.3 Å². The van der Waals surface area contributed by atoms with E-state index in [-0.39, 0.29) is 5.41 Å². The standard InChI is InChI=1S/C16H23NO3/c1-16(2,14-4-3-9-20-14)11-17-10-12-5-7-13(8-6-12)15(18)19/h5-8,14,17H,3-4,9-11H2,1-2H3,(H,18,19). The first-order chi connectivity index (χ1) is 9.49. The Hall–Kier alpha value is -1.39. The first-order valence-electron chi connectivity index (χ1n) is 7.13. The molecule has 4 nitrogen and oxygen atoms in total. The Labute approximate surface area is 120 Å². The second kappa shape index (κ2) is 6.37. The summed E-state index contributed by atoms with van der Waals surface area (Å²) in [4.78, 5) is 10.8. The van der Waals surface area contributed by atoms with Gasteiger partial charge in [-0.15, -0.1) is 0 Å². The van der Waals surface area contributed by atoms with E-state index in [1.807, 2.05) is 12.1 Å². The highest BCUT2D eigenvalue weighted by molar-refractivity contribution is 5.87. The SMILES string of the molecule is CC(C)(CNCc1ccc(C(=O)O)cc1)C1CCCO1. The number of nitrogens with one attached hydrogen (secondary N) is 1. The first-order valence-corrected chi connectivity index (χ1v) is 7.13. The third kappa shape index (κ3) is 3.81. The van der Waals surface area contributed by atoms with Gasteiger partial charge >= 0.3 is 5.97 Å². The quantitative estimate of drug-likeness (QED) is 0.839. The van der Waals surface area contributed by atoms with E-state index in [2.05, 4.69) is 19.2 Å². The monoisotopic (exact) mass is 277 g/mol. The predicted octanol–water partition coefficient (Wildman–Crippen LogP) is 2.68. The fourth-order valence-corrected chi connectivity index (χ4v) is 2.60. The molecule has 1 atom stereocenters.